The number of ketones is 1. The highest BCUT2D eigenvalue weighted by molar-refractivity contribution is 8.14. The van der Waals surface area contributed by atoms with Crippen LogP contribution in [0.3, 0.4) is 0 Å². The van der Waals surface area contributed by atoms with Gasteiger partial charge in [-0.3, -0.25) is 20.3 Å². The summed E-state index contributed by atoms with van der Waals surface area (Å²) in [5, 5.41) is 17.9. The van der Waals surface area contributed by atoms with Gasteiger partial charge in [0.05, 0.1) is 15.7 Å². The van der Waals surface area contributed by atoms with E-state index in [1.54, 1.807) is 0 Å². The van der Waals surface area contributed by atoms with E-state index in [4.69, 9.17) is 5.41 Å². The molecule has 24 heavy (non-hydrogen) atoms. The molecule has 0 aromatic heterocycles. The van der Waals surface area contributed by atoms with Crippen molar-refractivity contribution < 1.29 is 31.7 Å². The van der Waals surface area contributed by atoms with Gasteiger partial charge in [-0.1, -0.05) is 6.07 Å². The molecule has 0 aliphatic heterocycles. The van der Waals surface area contributed by atoms with Crippen LogP contribution >= 0.6 is 11.8 Å². The largest absolute Gasteiger partial charge is 0.461 e. The predicted molar refractivity (Wildman–Crippen MR) is 77.7 cm³/mol. The summed E-state index contributed by atoms with van der Waals surface area (Å²) < 4.78 is 61.5. The first-order valence-electron chi connectivity index (χ1n) is 6.28. The molecule has 0 heterocycles. The number of thioether (sulfide) groups is 1. The van der Waals surface area contributed by atoms with E-state index in [2.05, 4.69) is 0 Å². The molecule has 0 saturated heterocycles. The van der Waals surface area contributed by atoms with Gasteiger partial charge >= 0.3 is 12.1 Å². The zero-order valence-corrected chi connectivity index (χ0v) is 12.9. The summed E-state index contributed by atoms with van der Waals surface area (Å²) in [5.74, 6) is -8.98. The van der Waals surface area contributed by atoms with Crippen molar-refractivity contribution in [1.29, 1.82) is 5.41 Å². The number of Topliss-reactive ketones (excluding diaryl/α,β-unsaturated/α-hetero) is 1. The van der Waals surface area contributed by atoms with Crippen LogP contribution in [0.15, 0.2) is 18.2 Å². The fourth-order valence-corrected chi connectivity index (χ4v) is 2.43. The fourth-order valence-electron chi connectivity index (χ4n) is 1.67. The molecule has 0 radical (unpaired) electrons. The average molecular weight is 370 g/mol. The molecular formula is C13H11F5N2O3S. The Hall–Kier alpha value is -2.04. The molecule has 0 amide bonds. The van der Waals surface area contributed by atoms with Gasteiger partial charge in [0.25, 0.3) is 5.69 Å². The van der Waals surface area contributed by atoms with Crippen LogP contribution in [0, 0.1) is 22.4 Å². The predicted octanol–water partition coefficient (Wildman–Crippen LogP) is 3.92. The lowest BCUT2D eigenvalue weighted by Gasteiger charge is -2.17. The van der Waals surface area contributed by atoms with Crippen LogP contribution < -0.4 is 0 Å². The number of carbonyl (C=O) groups is 1. The van der Waals surface area contributed by atoms with Crippen molar-refractivity contribution in [2.45, 2.75) is 25.4 Å². The lowest BCUT2D eigenvalue weighted by Crippen LogP contribution is -2.45. The molecule has 0 saturated carbocycles. The fraction of sp³-hybridized carbons (Fsp3) is 0.385. The van der Waals surface area contributed by atoms with E-state index in [1.165, 1.54) is 25.1 Å². The Morgan fingerprint density at radius 3 is 2.33 bits per heavy atom. The third-order valence-electron chi connectivity index (χ3n) is 2.91. The van der Waals surface area contributed by atoms with Crippen molar-refractivity contribution in [1.82, 2.24) is 0 Å². The van der Waals surface area contributed by atoms with Crippen LogP contribution in [0.4, 0.5) is 27.6 Å². The number of nitro benzene ring substituents is 1. The maximum atomic E-state index is 12.8. The van der Waals surface area contributed by atoms with Gasteiger partial charge in [-0.15, -0.1) is 11.8 Å². The quantitative estimate of drug-likeness (QED) is 0.270. The number of carbonyl (C=O) groups excluding carboxylic acids is 1. The smallest absolute Gasteiger partial charge is 0.298 e. The molecule has 0 spiro atoms. The summed E-state index contributed by atoms with van der Waals surface area (Å²) in [4.78, 5) is 21.0. The third-order valence-corrected chi connectivity index (χ3v) is 3.81. The van der Waals surface area contributed by atoms with E-state index >= 15 is 0 Å². The lowest BCUT2D eigenvalue weighted by molar-refractivity contribution is -0.385. The third kappa shape index (κ3) is 4.73. The van der Waals surface area contributed by atoms with Gasteiger partial charge in [0.2, 0.25) is 5.78 Å². The molecule has 1 aromatic rings. The average Bonchev–Trinajstić information content (AvgIpc) is 2.43. The van der Waals surface area contributed by atoms with Gasteiger partial charge in [0, 0.05) is 18.1 Å². The summed E-state index contributed by atoms with van der Waals surface area (Å²) in [6.07, 6.45) is -6.11. The summed E-state index contributed by atoms with van der Waals surface area (Å²) in [7, 11) is 0. The second kappa shape index (κ2) is 7.24. The van der Waals surface area contributed by atoms with Crippen molar-refractivity contribution in [3.8, 4) is 0 Å². The van der Waals surface area contributed by atoms with E-state index in [9.17, 15) is 36.9 Å². The molecular weight excluding hydrogens is 359 g/mol. The molecule has 0 aliphatic rings. The topological polar surface area (TPSA) is 84.1 Å². The van der Waals surface area contributed by atoms with Crippen LogP contribution in [0.2, 0.25) is 0 Å². The summed E-state index contributed by atoms with van der Waals surface area (Å²) in [5.41, 5.74) is 0.610. The monoisotopic (exact) mass is 370 g/mol. The normalized spacial score (nSPS) is 12.1. The Labute approximate surface area is 136 Å². The highest BCUT2D eigenvalue weighted by Gasteiger charge is 2.62. The van der Waals surface area contributed by atoms with Gasteiger partial charge in [-0.05, 0) is 18.6 Å². The highest BCUT2D eigenvalue weighted by Crippen LogP contribution is 2.36. The van der Waals surface area contributed by atoms with Crippen molar-refractivity contribution in [3.05, 3.63) is 39.4 Å². The number of halogens is 5. The van der Waals surface area contributed by atoms with Crippen LogP contribution in [-0.4, -0.2) is 33.6 Å². The Morgan fingerprint density at radius 2 is 1.88 bits per heavy atom. The van der Waals surface area contributed by atoms with Crippen molar-refractivity contribution in [3.63, 3.8) is 0 Å². The van der Waals surface area contributed by atoms with Gasteiger partial charge in [0.1, 0.15) is 0 Å². The number of nitrogens with one attached hydrogen (secondary N) is 1. The first kappa shape index (κ1) is 20.0. The lowest BCUT2D eigenvalue weighted by atomic mass is 10.1. The SMILES string of the molecule is Cc1cc(CC(=N)SCC(=O)C(F)(F)C(F)(F)F)ccc1[N+](=O)[O-]. The van der Waals surface area contributed by atoms with Crippen molar-refractivity contribution >= 4 is 28.3 Å². The standard InChI is InChI=1S/C13H11F5N2O3S/c1-7-4-8(2-3-9(7)20(22)23)5-11(19)24-6-10(21)12(14,15)13(16,17)18/h2-4,19H,5-6H2,1H3. The molecule has 0 fully saturated rings. The van der Waals surface area contributed by atoms with E-state index in [1.807, 2.05) is 0 Å². The number of hydrogen-bond donors (Lipinski definition) is 1. The van der Waals surface area contributed by atoms with Gasteiger partial charge in [-0.25, -0.2) is 0 Å². The number of alkyl halides is 5. The highest BCUT2D eigenvalue weighted by atomic mass is 32.2. The zero-order valence-electron chi connectivity index (χ0n) is 12.1. The molecule has 1 aromatic carbocycles. The Bertz CT molecular complexity index is 676. The van der Waals surface area contributed by atoms with E-state index in [-0.39, 0.29) is 28.9 Å². The maximum absolute atomic E-state index is 12.8. The Morgan fingerprint density at radius 1 is 1.29 bits per heavy atom. The van der Waals surface area contributed by atoms with Crippen LogP contribution in [-0.2, 0) is 11.2 Å². The molecule has 0 aliphatic carbocycles. The Balaban J connectivity index is 2.66. The van der Waals surface area contributed by atoms with Crippen LogP contribution in [0.5, 0.6) is 0 Å². The van der Waals surface area contributed by atoms with Crippen LogP contribution in [0.25, 0.3) is 0 Å². The minimum Gasteiger partial charge on any atom is -0.298 e. The first-order valence-corrected chi connectivity index (χ1v) is 7.26. The van der Waals surface area contributed by atoms with Gasteiger partial charge < -0.3 is 0 Å². The molecule has 5 nitrogen and oxygen atoms in total. The van der Waals surface area contributed by atoms with E-state index in [0.29, 0.717) is 11.1 Å². The zero-order chi connectivity index (χ0) is 18.7. The minimum atomic E-state index is -5.97. The molecule has 1 N–H and O–H groups in total. The van der Waals surface area contributed by atoms with Crippen molar-refractivity contribution in [2.75, 3.05) is 5.75 Å². The van der Waals surface area contributed by atoms with Crippen molar-refractivity contribution in [2.24, 2.45) is 0 Å². The summed E-state index contributed by atoms with van der Waals surface area (Å²) in [6.45, 7) is 1.46. The second-order valence-electron chi connectivity index (χ2n) is 4.76. The molecule has 0 unspecified atom stereocenters. The summed E-state index contributed by atoms with van der Waals surface area (Å²) >= 11 is 0.259. The summed E-state index contributed by atoms with van der Waals surface area (Å²) in [6, 6.07) is 3.94. The van der Waals surface area contributed by atoms with E-state index in [0.717, 1.165) is 0 Å². The molecule has 132 valence electrons. The molecule has 0 atom stereocenters. The first-order chi connectivity index (χ1) is 10.9. The number of nitrogens with zero attached hydrogens (tertiary/aromatic N) is 1. The van der Waals surface area contributed by atoms with Gasteiger partial charge in [0.15, 0.2) is 0 Å². The number of rotatable bonds is 6. The minimum absolute atomic E-state index is 0.141. The molecule has 0 bridgehead atoms. The number of nitro groups is 1. The Kier molecular flexibility index (Phi) is 6.04. The molecule has 11 heteroatoms. The number of benzene rings is 1. The maximum Gasteiger partial charge on any atom is 0.461 e. The van der Waals surface area contributed by atoms with E-state index < -0.39 is 28.6 Å². The number of hydrogen-bond acceptors (Lipinski definition) is 5. The van der Waals surface area contributed by atoms with Crippen LogP contribution in [0.1, 0.15) is 11.1 Å². The molecule has 1 rings (SSSR count). The van der Waals surface area contributed by atoms with Gasteiger partial charge in [-0.2, -0.15) is 22.0 Å². The second-order valence-corrected chi connectivity index (χ2v) is 5.83. The number of aryl methyl sites for hydroxylation is 1.